The summed E-state index contributed by atoms with van der Waals surface area (Å²) in [7, 11) is 0. The van der Waals surface area contributed by atoms with E-state index in [1.54, 1.807) is 0 Å². The predicted molar refractivity (Wildman–Crippen MR) is 83.8 cm³/mol. The highest BCUT2D eigenvalue weighted by molar-refractivity contribution is 5.27. The highest BCUT2D eigenvalue weighted by atomic mass is 19.2. The van der Waals surface area contributed by atoms with Crippen LogP contribution in [0.15, 0.2) is 11.6 Å². The molecule has 4 aliphatic carbocycles. The van der Waals surface area contributed by atoms with Crippen LogP contribution in [0.3, 0.4) is 0 Å². The van der Waals surface area contributed by atoms with Gasteiger partial charge in [-0.05, 0) is 73.7 Å². The fourth-order valence-corrected chi connectivity index (χ4v) is 6.74. The van der Waals surface area contributed by atoms with Gasteiger partial charge in [0.1, 0.15) is 0 Å². The molecule has 124 valence electrons. The zero-order chi connectivity index (χ0) is 15.8. The van der Waals surface area contributed by atoms with Crippen molar-refractivity contribution in [1.29, 1.82) is 0 Å². The van der Waals surface area contributed by atoms with E-state index >= 15 is 0 Å². The van der Waals surface area contributed by atoms with Crippen molar-refractivity contribution in [2.24, 2.45) is 28.6 Å². The van der Waals surface area contributed by atoms with Crippen LogP contribution in [0.2, 0.25) is 0 Å². The number of aliphatic hydroxyl groups is 2. The van der Waals surface area contributed by atoms with Gasteiger partial charge in [0, 0.05) is 11.8 Å². The number of hydrogen-bond acceptors (Lipinski definition) is 2. The van der Waals surface area contributed by atoms with E-state index < -0.39 is 11.3 Å². The van der Waals surface area contributed by atoms with Crippen LogP contribution in [0, 0.1) is 28.6 Å². The Morgan fingerprint density at radius 2 is 1.82 bits per heavy atom. The summed E-state index contributed by atoms with van der Waals surface area (Å²) in [5, 5.41) is 20.7. The minimum absolute atomic E-state index is 0.0962. The summed E-state index contributed by atoms with van der Waals surface area (Å²) in [6.45, 7) is 4.30. The molecule has 0 spiro atoms. The smallest absolute Gasteiger partial charge is 0.212 e. The van der Waals surface area contributed by atoms with E-state index in [9.17, 15) is 14.6 Å². The molecule has 4 rings (SSSR count). The highest BCUT2D eigenvalue weighted by Crippen LogP contribution is 2.67. The van der Waals surface area contributed by atoms with Crippen molar-refractivity contribution >= 4 is 0 Å². The van der Waals surface area contributed by atoms with Gasteiger partial charge in [0.15, 0.2) is 0 Å². The largest absolute Gasteiger partial charge is 0.389 e. The Balaban J connectivity index is 1.71. The van der Waals surface area contributed by atoms with Crippen LogP contribution < -0.4 is 0 Å². The first-order valence-corrected chi connectivity index (χ1v) is 9.09. The zero-order valence-electron chi connectivity index (χ0n) is 13.8. The number of aliphatic hydroxyl groups excluding tert-OH is 1. The van der Waals surface area contributed by atoms with Crippen LogP contribution in [0.5, 0.6) is 0 Å². The van der Waals surface area contributed by atoms with E-state index in [-0.39, 0.29) is 17.4 Å². The maximum Gasteiger partial charge on any atom is 0.212 e. The number of halogens is 1. The molecule has 3 heteroatoms. The Morgan fingerprint density at radius 3 is 2.59 bits per heavy atom. The summed E-state index contributed by atoms with van der Waals surface area (Å²) in [4.78, 5) is 0. The molecule has 3 fully saturated rings. The van der Waals surface area contributed by atoms with E-state index in [0.29, 0.717) is 18.3 Å². The molecule has 0 aromatic rings. The molecule has 4 aliphatic rings. The van der Waals surface area contributed by atoms with Crippen LogP contribution in [0.25, 0.3) is 0 Å². The first-order chi connectivity index (χ1) is 10.3. The molecular weight excluding hydrogens is 279 g/mol. The Morgan fingerprint density at radius 1 is 1.09 bits per heavy atom. The molecule has 0 aromatic carbocycles. The number of fused-ring (bicyclic) bond motifs is 5. The van der Waals surface area contributed by atoms with E-state index in [0.717, 1.165) is 44.9 Å². The van der Waals surface area contributed by atoms with E-state index in [2.05, 4.69) is 13.0 Å². The van der Waals surface area contributed by atoms with Gasteiger partial charge < -0.3 is 10.2 Å². The molecular formula is C19H29FO2. The van der Waals surface area contributed by atoms with Gasteiger partial charge >= 0.3 is 0 Å². The lowest BCUT2D eigenvalue weighted by Crippen LogP contribution is -2.54. The minimum Gasteiger partial charge on any atom is -0.389 e. The molecule has 0 bridgehead atoms. The summed E-state index contributed by atoms with van der Waals surface area (Å²) < 4.78 is 14.7. The number of alkyl halides is 1. The number of rotatable bonds is 0. The summed E-state index contributed by atoms with van der Waals surface area (Å²) in [6.07, 6.45) is 8.98. The molecule has 22 heavy (non-hydrogen) atoms. The first kappa shape index (κ1) is 15.1. The second-order valence-electron chi connectivity index (χ2n) is 8.85. The molecule has 2 unspecified atom stereocenters. The SMILES string of the molecule is C[C@]12CCCC(O)C1=CC[C@@H]1[C@H]2CC[C@@]2(C)[C@H]1CCC2(O)F. The highest BCUT2D eigenvalue weighted by Gasteiger charge is 2.64. The standard InChI is InChI=1S/C19H29FO2/c1-17-9-3-4-16(21)15(17)6-5-12-13(17)7-10-18(2)14(12)8-11-19(18,20)22/h6,12-14,16,21-22H,3-5,7-11H2,1-2H3/t12-,13-,14+,16?,17-,18+,19?/m1/s1. The van der Waals surface area contributed by atoms with Crippen LogP contribution in [0.4, 0.5) is 4.39 Å². The molecule has 0 saturated heterocycles. The third-order valence-electron chi connectivity index (χ3n) is 8.11. The van der Waals surface area contributed by atoms with Crippen LogP contribution in [0.1, 0.15) is 65.2 Å². The summed E-state index contributed by atoms with van der Waals surface area (Å²) >= 11 is 0. The number of hydrogen-bond donors (Lipinski definition) is 2. The third-order valence-corrected chi connectivity index (χ3v) is 8.11. The van der Waals surface area contributed by atoms with E-state index in [4.69, 9.17) is 0 Å². The Bertz CT molecular complexity index is 514. The van der Waals surface area contributed by atoms with Crippen LogP contribution in [-0.4, -0.2) is 22.2 Å². The molecule has 2 nitrogen and oxygen atoms in total. The van der Waals surface area contributed by atoms with Crippen molar-refractivity contribution in [1.82, 2.24) is 0 Å². The Hall–Kier alpha value is -0.410. The maximum absolute atomic E-state index is 14.7. The van der Waals surface area contributed by atoms with Crippen LogP contribution >= 0.6 is 0 Å². The lowest BCUT2D eigenvalue weighted by Gasteiger charge is -2.58. The average molecular weight is 308 g/mol. The topological polar surface area (TPSA) is 40.5 Å². The Kier molecular flexibility index (Phi) is 3.14. The van der Waals surface area contributed by atoms with Gasteiger partial charge in [0.2, 0.25) is 5.85 Å². The average Bonchev–Trinajstić information content (AvgIpc) is 2.69. The Labute approximate surface area is 132 Å². The van der Waals surface area contributed by atoms with Crippen molar-refractivity contribution in [3.63, 3.8) is 0 Å². The van der Waals surface area contributed by atoms with Gasteiger partial charge in [0.05, 0.1) is 6.10 Å². The van der Waals surface area contributed by atoms with Crippen molar-refractivity contribution in [2.45, 2.75) is 77.2 Å². The van der Waals surface area contributed by atoms with Crippen molar-refractivity contribution in [2.75, 3.05) is 0 Å². The van der Waals surface area contributed by atoms with Crippen molar-refractivity contribution in [3.8, 4) is 0 Å². The van der Waals surface area contributed by atoms with Gasteiger partial charge in [-0.3, -0.25) is 0 Å². The molecule has 3 saturated carbocycles. The lowest BCUT2D eigenvalue weighted by molar-refractivity contribution is -0.197. The zero-order valence-corrected chi connectivity index (χ0v) is 13.8. The van der Waals surface area contributed by atoms with Gasteiger partial charge in [-0.1, -0.05) is 19.9 Å². The quantitative estimate of drug-likeness (QED) is 0.665. The van der Waals surface area contributed by atoms with Crippen molar-refractivity contribution < 1.29 is 14.6 Å². The fourth-order valence-electron chi connectivity index (χ4n) is 6.74. The summed E-state index contributed by atoms with van der Waals surface area (Å²) in [5.41, 5.74) is 0.791. The monoisotopic (exact) mass is 308 g/mol. The van der Waals surface area contributed by atoms with Crippen molar-refractivity contribution in [3.05, 3.63) is 11.6 Å². The molecule has 0 amide bonds. The molecule has 0 aromatic heterocycles. The van der Waals surface area contributed by atoms with Gasteiger partial charge in [0.25, 0.3) is 0 Å². The van der Waals surface area contributed by atoms with Gasteiger partial charge in [-0.25, -0.2) is 4.39 Å². The molecule has 0 radical (unpaired) electrons. The van der Waals surface area contributed by atoms with Crippen LogP contribution in [-0.2, 0) is 0 Å². The number of allylic oxidation sites excluding steroid dienone is 1. The molecule has 7 atom stereocenters. The van der Waals surface area contributed by atoms with Gasteiger partial charge in [-0.15, -0.1) is 0 Å². The maximum atomic E-state index is 14.7. The molecule has 0 heterocycles. The summed E-state index contributed by atoms with van der Waals surface area (Å²) in [5.74, 6) is -0.675. The van der Waals surface area contributed by atoms with E-state index in [1.807, 2.05) is 6.92 Å². The normalized spacial score (nSPS) is 57.6. The predicted octanol–water partition coefficient (Wildman–Crippen LogP) is 3.97. The molecule has 2 N–H and O–H groups in total. The second-order valence-corrected chi connectivity index (χ2v) is 8.85. The molecule has 0 aliphatic heterocycles. The second kappa shape index (κ2) is 4.57. The summed E-state index contributed by atoms with van der Waals surface area (Å²) in [6, 6.07) is 0. The first-order valence-electron chi connectivity index (χ1n) is 9.09. The minimum atomic E-state index is -1.99. The van der Waals surface area contributed by atoms with E-state index in [1.165, 1.54) is 5.57 Å². The fraction of sp³-hybridized carbons (Fsp3) is 0.895. The lowest BCUT2D eigenvalue weighted by atomic mass is 9.47. The van der Waals surface area contributed by atoms with Gasteiger partial charge in [-0.2, -0.15) is 0 Å². The third kappa shape index (κ3) is 1.73.